The Hall–Kier alpha value is -3.31. The lowest BCUT2D eigenvalue weighted by Gasteiger charge is -2.24. The van der Waals surface area contributed by atoms with Crippen LogP contribution < -0.4 is 29.5 Å². The first kappa shape index (κ1) is 23.4. The highest BCUT2D eigenvalue weighted by Crippen LogP contribution is 2.46. The fourth-order valence-corrected chi connectivity index (χ4v) is 4.71. The summed E-state index contributed by atoms with van der Waals surface area (Å²) >= 11 is 0. The SMILES string of the molecule is CCOc1ccc(NP(=O)(Nc2ccc(OCC)cc2)Nc2ccc(OCC)cc2)cc1. The maximum absolute atomic E-state index is 13.9. The minimum absolute atomic E-state index is 0.587. The van der Waals surface area contributed by atoms with Crippen molar-refractivity contribution in [2.24, 2.45) is 0 Å². The number of rotatable bonds is 12. The van der Waals surface area contributed by atoms with Crippen LogP contribution in [0.25, 0.3) is 0 Å². The number of hydrogen-bond donors (Lipinski definition) is 3. The fraction of sp³-hybridized carbons (Fsp3) is 0.250. The van der Waals surface area contributed by atoms with Gasteiger partial charge in [0.15, 0.2) is 0 Å². The van der Waals surface area contributed by atoms with Crippen molar-refractivity contribution >= 4 is 24.7 Å². The molecule has 3 rings (SSSR count). The Bertz CT molecular complexity index is 877. The van der Waals surface area contributed by atoms with Crippen LogP contribution in [0.2, 0.25) is 0 Å². The zero-order chi connectivity index (χ0) is 22.8. The van der Waals surface area contributed by atoms with Gasteiger partial charge in [-0.2, -0.15) is 0 Å². The highest BCUT2D eigenvalue weighted by Gasteiger charge is 2.22. The molecule has 0 saturated carbocycles. The molecule has 0 aliphatic carbocycles. The van der Waals surface area contributed by atoms with Gasteiger partial charge < -0.3 is 29.5 Å². The first-order valence-corrected chi connectivity index (χ1v) is 12.4. The Kier molecular flexibility index (Phi) is 8.28. The van der Waals surface area contributed by atoms with Gasteiger partial charge in [-0.25, -0.2) is 0 Å². The van der Waals surface area contributed by atoms with Gasteiger partial charge in [0.2, 0.25) is 0 Å². The highest BCUT2D eigenvalue weighted by molar-refractivity contribution is 7.68. The van der Waals surface area contributed by atoms with E-state index in [0.29, 0.717) is 36.9 Å². The molecule has 0 fully saturated rings. The fourth-order valence-electron chi connectivity index (χ4n) is 3.01. The van der Waals surface area contributed by atoms with E-state index >= 15 is 0 Å². The van der Waals surface area contributed by atoms with Gasteiger partial charge >= 0.3 is 7.59 Å². The van der Waals surface area contributed by atoms with Crippen molar-refractivity contribution in [1.29, 1.82) is 0 Å². The third-order valence-electron chi connectivity index (χ3n) is 4.36. The molecule has 0 saturated heterocycles. The van der Waals surface area contributed by atoms with E-state index in [1.165, 1.54) is 0 Å². The van der Waals surface area contributed by atoms with Crippen LogP contribution in [0.3, 0.4) is 0 Å². The molecule has 0 radical (unpaired) electrons. The summed E-state index contributed by atoms with van der Waals surface area (Å²) in [6.07, 6.45) is 0. The van der Waals surface area contributed by atoms with Crippen molar-refractivity contribution < 1.29 is 18.8 Å². The zero-order valence-electron chi connectivity index (χ0n) is 18.6. The summed E-state index contributed by atoms with van der Waals surface area (Å²) in [5.41, 5.74) is 2.07. The maximum atomic E-state index is 13.9. The average Bonchev–Trinajstić information content (AvgIpc) is 2.78. The van der Waals surface area contributed by atoms with Gasteiger partial charge in [0.05, 0.1) is 19.8 Å². The Morgan fingerprint density at radius 1 is 0.531 bits per heavy atom. The molecule has 0 aromatic heterocycles. The first-order chi connectivity index (χ1) is 15.5. The van der Waals surface area contributed by atoms with Gasteiger partial charge in [-0.1, -0.05) is 0 Å². The molecule has 0 spiro atoms. The summed E-state index contributed by atoms with van der Waals surface area (Å²) in [7, 11) is -3.35. The number of ether oxygens (including phenoxy) is 3. The van der Waals surface area contributed by atoms with E-state index in [9.17, 15) is 4.57 Å². The van der Waals surface area contributed by atoms with Gasteiger partial charge in [-0.05, 0) is 93.6 Å². The van der Waals surface area contributed by atoms with Crippen LogP contribution in [-0.4, -0.2) is 19.8 Å². The Balaban J connectivity index is 1.82. The first-order valence-electron chi connectivity index (χ1n) is 10.7. The van der Waals surface area contributed by atoms with Crippen LogP contribution in [0.15, 0.2) is 72.8 Å². The molecule has 32 heavy (non-hydrogen) atoms. The number of nitrogens with one attached hydrogen (secondary N) is 3. The summed E-state index contributed by atoms with van der Waals surface area (Å²) < 4.78 is 30.4. The summed E-state index contributed by atoms with van der Waals surface area (Å²) in [4.78, 5) is 0. The van der Waals surface area contributed by atoms with Crippen molar-refractivity contribution in [2.75, 3.05) is 35.1 Å². The second-order valence-corrected chi connectivity index (χ2v) is 8.71. The lowest BCUT2D eigenvalue weighted by atomic mass is 10.3. The van der Waals surface area contributed by atoms with Crippen LogP contribution in [0.5, 0.6) is 17.2 Å². The Morgan fingerprint density at radius 3 is 1.00 bits per heavy atom. The molecule has 0 aliphatic heterocycles. The summed E-state index contributed by atoms with van der Waals surface area (Å²) in [5, 5.41) is 9.35. The van der Waals surface area contributed by atoms with Crippen molar-refractivity contribution in [3.8, 4) is 17.2 Å². The van der Waals surface area contributed by atoms with Crippen LogP contribution >= 0.6 is 7.59 Å². The topological polar surface area (TPSA) is 80.9 Å². The lowest BCUT2D eigenvalue weighted by Crippen LogP contribution is -2.14. The third kappa shape index (κ3) is 6.86. The van der Waals surface area contributed by atoms with Crippen molar-refractivity contribution in [2.45, 2.75) is 20.8 Å². The molecule has 3 aromatic rings. The number of hydrogen-bond acceptors (Lipinski definition) is 4. The van der Waals surface area contributed by atoms with E-state index in [4.69, 9.17) is 14.2 Å². The van der Waals surface area contributed by atoms with Crippen LogP contribution in [0.1, 0.15) is 20.8 Å². The molecule has 0 amide bonds. The normalized spacial score (nSPS) is 10.8. The van der Waals surface area contributed by atoms with Gasteiger partial charge in [0, 0.05) is 17.1 Å². The molecule has 3 aromatic carbocycles. The number of anilines is 3. The minimum Gasteiger partial charge on any atom is -0.494 e. The molecule has 0 unspecified atom stereocenters. The largest absolute Gasteiger partial charge is 0.494 e. The molecule has 170 valence electrons. The van der Waals surface area contributed by atoms with E-state index in [2.05, 4.69) is 15.3 Å². The molecule has 0 bridgehead atoms. The van der Waals surface area contributed by atoms with Gasteiger partial charge in [0.25, 0.3) is 0 Å². The summed E-state index contributed by atoms with van der Waals surface area (Å²) in [6.45, 7) is 7.56. The van der Waals surface area contributed by atoms with Crippen molar-refractivity contribution in [3.63, 3.8) is 0 Å². The van der Waals surface area contributed by atoms with E-state index in [1.54, 1.807) is 0 Å². The molecule has 7 nitrogen and oxygen atoms in total. The van der Waals surface area contributed by atoms with Crippen molar-refractivity contribution in [3.05, 3.63) is 72.8 Å². The molecule has 0 heterocycles. The van der Waals surface area contributed by atoms with Crippen molar-refractivity contribution in [1.82, 2.24) is 0 Å². The van der Waals surface area contributed by atoms with E-state index < -0.39 is 7.59 Å². The Morgan fingerprint density at radius 2 is 0.781 bits per heavy atom. The van der Waals surface area contributed by atoms with Crippen LogP contribution in [0, 0.1) is 0 Å². The Labute approximate surface area is 189 Å². The monoisotopic (exact) mass is 455 g/mol. The molecular weight excluding hydrogens is 425 g/mol. The summed E-state index contributed by atoms with van der Waals surface area (Å²) in [5.74, 6) is 2.27. The van der Waals surface area contributed by atoms with Crippen LogP contribution in [-0.2, 0) is 4.57 Å². The molecular formula is C24H30N3O4P. The zero-order valence-corrected chi connectivity index (χ0v) is 19.5. The van der Waals surface area contributed by atoms with E-state index in [-0.39, 0.29) is 0 Å². The molecule has 8 heteroatoms. The quantitative estimate of drug-likeness (QED) is 0.265. The highest BCUT2D eigenvalue weighted by atomic mass is 31.2. The smallest absolute Gasteiger partial charge is 0.352 e. The van der Waals surface area contributed by atoms with E-state index in [1.807, 2.05) is 93.6 Å². The molecule has 3 N–H and O–H groups in total. The average molecular weight is 455 g/mol. The lowest BCUT2D eigenvalue weighted by molar-refractivity contribution is 0.340. The van der Waals surface area contributed by atoms with E-state index in [0.717, 1.165) is 17.2 Å². The van der Waals surface area contributed by atoms with Crippen LogP contribution in [0.4, 0.5) is 17.1 Å². The summed E-state index contributed by atoms with van der Waals surface area (Å²) in [6, 6.07) is 22.0. The van der Waals surface area contributed by atoms with Gasteiger partial charge in [-0.15, -0.1) is 0 Å². The molecule has 0 aliphatic rings. The standard InChI is InChI=1S/C24H30N3O4P/c1-4-29-22-13-7-19(8-14-22)25-32(28,26-20-9-15-23(16-10-20)30-5-2)27-21-11-17-24(18-12-21)31-6-3/h7-18H,4-6H2,1-3H3,(H3,25,26,27,28). The minimum atomic E-state index is -3.35. The predicted molar refractivity (Wildman–Crippen MR) is 131 cm³/mol. The number of benzene rings is 3. The van der Waals surface area contributed by atoms with Gasteiger partial charge in [0.1, 0.15) is 17.2 Å². The van der Waals surface area contributed by atoms with Gasteiger partial charge in [-0.3, -0.25) is 4.57 Å². The second-order valence-electron chi connectivity index (χ2n) is 6.82. The predicted octanol–water partition coefficient (Wildman–Crippen LogP) is 6.63. The molecule has 0 atom stereocenters. The second kappa shape index (κ2) is 11.3. The third-order valence-corrected chi connectivity index (χ3v) is 6.07. The maximum Gasteiger partial charge on any atom is 0.352 e.